The third-order valence-corrected chi connectivity index (χ3v) is 2.20. The Hall–Kier alpha value is -0.830. The summed E-state index contributed by atoms with van der Waals surface area (Å²) < 4.78 is 2.05. The number of hydrogen-bond acceptors (Lipinski definition) is 2. The SMILES string of the molecule is CNC(C)(C)Cc1nccn1C. The van der Waals surface area contributed by atoms with E-state index in [2.05, 4.69) is 28.7 Å². The molecular formula is C9H17N3. The zero-order valence-corrected chi connectivity index (χ0v) is 8.26. The van der Waals surface area contributed by atoms with Crippen LogP contribution in [0.2, 0.25) is 0 Å². The van der Waals surface area contributed by atoms with E-state index in [1.807, 2.05) is 26.5 Å². The fourth-order valence-corrected chi connectivity index (χ4v) is 1.05. The Morgan fingerprint density at radius 1 is 1.58 bits per heavy atom. The van der Waals surface area contributed by atoms with Gasteiger partial charge in [-0.1, -0.05) is 0 Å². The van der Waals surface area contributed by atoms with Crippen LogP contribution in [-0.4, -0.2) is 22.1 Å². The first-order chi connectivity index (χ1) is 5.55. The van der Waals surface area contributed by atoms with Crippen molar-refractivity contribution in [1.82, 2.24) is 14.9 Å². The molecule has 1 aromatic heterocycles. The van der Waals surface area contributed by atoms with Gasteiger partial charge in [-0.2, -0.15) is 0 Å². The van der Waals surface area contributed by atoms with E-state index in [1.165, 1.54) is 0 Å². The maximum atomic E-state index is 4.27. The standard InChI is InChI=1S/C9H17N3/c1-9(2,10-3)7-8-11-5-6-12(8)4/h5-6,10H,7H2,1-4H3. The average molecular weight is 167 g/mol. The largest absolute Gasteiger partial charge is 0.338 e. The monoisotopic (exact) mass is 167 g/mol. The Morgan fingerprint density at radius 3 is 2.67 bits per heavy atom. The first-order valence-electron chi connectivity index (χ1n) is 4.20. The van der Waals surface area contributed by atoms with Gasteiger partial charge in [0.2, 0.25) is 0 Å². The van der Waals surface area contributed by atoms with Crippen molar-refractivity contribution in [3.8, 4) is 0 Å². The smallest absolute Gasteiger partial charge is 0.110 e. The van der Waals surface area contributed by atoms with Crippen LogP contribution < -0.4 is 5.32 Å². The lowest BCUT2D eigenvalue weighted by Gasteiger charge is -2.23. The molecule has 0 unspecified atom stereocenters. The Balaban J connectivity index is 2.70. The normalized spacial score (nSPS) is 12.0. The highest BCUT2D eigenvalue weighted by Crippen LogP contribution is 2.09. The molecule has 3 nitrogen and oxygen atoms in total. The van der Waals surface area contributed by atoms with Crippen LogP contribution in [0.15, 0.2) is 12.4 Å². The number of likely N-dealkylation sites (N-methyl/N-ethyl adjacent to an activating group) is 1. The maximum absolute atomic E-state index is 4.27. The van der Waals surface area contributed by atoms with Crippen molar-refractivity contribution in [2.75, 3.05) is 7.05 Å². The van der Waals surface area contributed by atoms with Gasteiger partial charge in [-0.25, -0.2) is 4.98 Å². The lowest BCUT2D eigenvalue weighted by Crippen LogP contribution is -2.39. The Bertz CT molecular complexity index is 250. The maximum Gasteiger partial charge on any atom is 0.110 e. The van der Waals surface area contributed by atoms with E-state index in [-0.39, 0.29) is 5.54 Å². The molecule has 68 valence electrons. The highest BCUT2D eigenvalue weighted by molar-refractivity contribution is 4.97. The van der Waals surface area contributed by atoms with E-state index in [9.17, 15) is 0 Å². The molecular weight excluding hydrogens is 150 g/mol. The topological polar surface area (TPSA) is 29.9 Å². The molecule has 0 aliphatic rings. The predicted molar refractivity (Wildman–Crippen MR) is 50.1 cm³/mol. The molecule has 0 amide bonds. The lowest BCUT2D eigenvalue weighted by molar-refractivity contribution is 0.408. The van der Waals surface area contributed by atoms with Gasteiger partial charge in [-0.15, -0.1) is 0 Å². The van der Waals surface area contributed by atoms with E-state index in [4.69, 9.17) is 0 Å². The van der Waals surface area contributed by atoms with Gasteiger partial charge >= 0.3 is 0 Å². The number of imidazole rings is 1. The molecule has 12 heavy (non-hydrogen) atoms. The summed E-state index contributed by atoms with van der Waals surface area (Å²) in [6.45, 7) is 4.34. The highest BCUT2D eigenvalue weighted by Gasteiger charge is 2.17. The molecule has 0 aromatic carbocycles. The van der Waals surface area contributed by atoms with Crippen molar-refractivity contribution in [2.24, 2.45) is 7.05 Å². The van der Waals surface area contributed by atoms with Gasteiger partial charge in [-0.3, -0.25) is 0 Å². The number of hydrogen-bond donors (Lipinski definition) is 1. The summed E-state index contributed by atoms with van der Waals surface area (Å²) in [4.78, 5) is 4.27. The van der Waals surface area contributed by atoms with Crippen LogP contribution in [0.5, 0.6) is 0 Å². The summed E-state index contributed by atoms with van der Waals surface area (Å²) >= 11 is 0. The van der Waals surface area contributed by atoms with Crippen molar-refractivity contribution in [3.05, 3.63) is 18.2 Å². The minimum Gasteiger partial charge on any atom is -0.338 e. The summed E-state index contributed by atoms with van der Waals surface area (Å²) in [5.74, 6) is 1.12. The third-order valence-electron chi connectivity index (χ3n) is 2.20. The summed E-state index contributed by atoms with van der Waals surface area (Å²) in [7, 11) is 4.00. The van der Waals surface area contributed by atoms with Crippen LogP contribution in [0, 0.1) is 0 Å². The van der Waals surface area contributed by atoms with Crippen LogP contribution in [0.3, 0.4) is 0 Å². The Morgan fingerprint density at radius 2 is 2.25 bits per heavy atom. The molecule has 1 aromatic rings. The van der Waals surface area contributed by atoms with E-state index in [0.717, 1.165) is 12.2 Å². The molecule has 1 heterocycles. The number of aromatic nitrogens is 2. The van der Waals surface area contributed by atoms with E-state index >= 15 is 0 Å². The van der Waals surface area contributed by atoms with Gasteiger partial charge in [0.05, 0.1) is 0 Å². The zero-order valence-electron chi connectivity index (χ0n) is 8.26. The van der Waals surface area contributed by atoms with Crippen LogP contribution >= 0.6 is 0 Å². The number of rotatable bonds is 3. The van der Waals surface area contributed by atoms with Gasteiger partial charge in [0.25, 0.3) is 0 Å². The lowest BCUT2D eigenvalue weighted by atomic mass is 10.0. The van der Waals surface area contributed by atoms with Crippen molar-refractivity contribution < 1.29 is 0 Å². The first kappa shape index (κ1) is 9.26. The van der Waals surface area contributed by atoms with Gasteiger partial charge in [-0.05, 0) is 20.9 Å². The first-order valence-corrected chi connectivity index (χ1v) is 4.20. The quantitative estimate of drug-likeness (QED) is 0.726. The van der Waals surface area contributed by atoms with Crippen molar-refractivity contribution in [2.45, 2.75) is 25.8 Å². The molecule has 0 atom stereocenters. The second kappa shape index (κ2) is 3.27. The van der Waals surface area contributed by atoms with Crippen molar-refractivity contribution in [3.63, 3.8) is 0 Å². The summed E-state index contributed by atoms with van der Waals surface area (Å²) in [5.41, 5.74) is 0.124. The molecule has 0 aliphatic heterocycles. The summed E-state index contributed by atoms with van der Waals surface area (Å²) in [6.07, 6.45) is 4.76. The Labute approximate surface area is 73.8 Å². The summed E-state index contributed by atoms with van der Waals surface area (Å²) in [6, 6.07) is 0. The minimum atomic E-state index is 0.124. The van der Waals surface area contributed by atoms with E-state index < -0.39 is 0 Å². The third kappa shape index (κ3) is 2.08. The molecule has 0 saturated heterocycles. The fraction of sp³-hybridized carbons (Fsp3) is 0.667. The van der Waals surface area contributed by atoms with Crippen LogP contribution in [0.4, 0.5) is 0 Å². The zero-order chi connectivity index (χ0) is 9.19. The molecule has 0 radical (unpaired) electrons. The molecule has 0 spiro atoms. The van der Waals surface area contributed by atoms with Crippen LogP contribution in [-0.2, 0) is 13.5 Å². The van der Waals surface area contributed by atoms with Crippen molar-refractivity contribution >= 4 is 0 Å². The molecule has 0 saturated carbocycles. The van der Waals surface area contributed by atoms with Crippen LogP contribution in [0.25, 0.3) is 0 Å². The molecule has 0 fully saturated rings. The highest BCUT2D eigenvalue weighted by atomic mass is 15.0. The second-order valence-electron chi connectivity index (χ2n) is 3.77. The number of aryl methyl sites for hydroxylation is 1. The predicted octanol–water partition coefficient (Wildman–Crippen LogP) is 0.961. The van der Waals surface area contributed by atoms with Crippen molar-refractivity contribution in [1.29, 1.82) is 0 Å². The molecule has 0 aliphatic carbocycles. The minimum absolute atomic E-state index is 0.124. The van der Waals surface area contributed by atoms with E-state index in [0.29, 0.717) is 0 Å². The second-order valence-corrected chi connectivity index (χ2v) is 3.77. The molecule has 3 heteroatoms. The van der Waals surface area contributed by atoms with Gasteiger partial charge in [0.1, 0.15) is 5.82 Å². The van der Waals surface area contributed by atoms with Gasteiger partial charge in [0, 0.05) is 31.4 Å². The summed E-state index contributed by atoms with van der Waals surface area (Å²) in [5, 5.41) is 3.25. The van der Waals surface area contributed by atoms with Crippen LogP contribution in [0.1, 0.15) is 19.7 Å². The molecule has 1 N–H and O–H groups in total. The van der Waals surface area contributed by atoms with Gasteiger partial charge in [0.15, 0.2) is 0 Å². The molecule has 1 rings (SSSR count). The average Bonchev–Trinajstić information content (AvgIpc) is 2.36. The Kier molecular flexibility index (Phi) is 2.52. The van der Waals surface area contributed by atoms with Gasteiger partial charge < -0.3 is 9.88 Å². The van der Waals surface area contributed by atoms with E-state index in [1.54, 1.807) is 0 Å². The number of nitrogens with one attached hydrogen (secondary N) is 1. The fourth-order valence-electron chi connectivity index (χ4n) is 1.05. The molecule has 0 bridgehead atoms. The number of nitrogens with zero attached hydrogens (tertiary/aromatic N) is 2.